The summed E-state index contributed by atoms with van der Waals surface area (Å²) in [4.78, 5) is 18.4. The van der Waals surface area contributed by atoms with Crippen LogP contribution in [0.2, 0.25) is 0 Å². The number of rotatable bonds is 11. The molecule has 0 aliphatic rings. The average molecular weight is 1050 g/mol. The third kappa shape index (κ3) is 18.2. The molecular formula is C33H36F6Ir2N4O4-2. The van der Waals surface area contributed by atoms with Crippen molar-refractivity contribution in [1.82, 2.24) is 19.1 Å². The van der Waals surface area contributed by atoms with Crippen LogP contribution in [0.25, 0.3) is 22.8 Å². The van der Waals surface area contributed by atoms with E-state index in [1.807, 2.05) is 21.5 Å². The van der Waals surface area contributed by atoms with Crippen molar-refractivity contribution in [2.24, 2.45) is 0 Å². The summed E-state index contributed by atoms with van der Waals surface area (Å²) in [5.74, 6) is 0.752. The molecule has 2 radical (unpaired) electrons. The van der Waals surface area contributed by atoms with E-state index >= 15 is 0 Å². The zero-order valence-corrected chi connectivity index (χ0v) is 31.8. The topological polar surface area (TPSA) is 91.4 Å². The molecule has 16 heteroatoms. The number of unbranched alkanes of at least 4 members (excludes halogenated alkanes) is 2. The Morgan fingerprint density at radius 3 is 1.41 bits per heavy atom. The molecule has 1 N–H and O–H groups in total. The van der Waals surface area contributed by atoms with Crippen LogP contribution in [0, 0.1) is 12.1 Å². The zero-order valence-electron chi connectivity index (χ0n) is 27.0. The van der Waals surface area contributed by atoms with Gasteiger partial charge in [0.2, 0.25) is 0 Å². The van der Waals surface area contributed by atoms with Crippen LogP contribution in [0.3, 0.4) is 0 Å². The van der Waals surface area contributed by atoms with Crippen molar-refractivity contribution in [2.45, 2.75) is 79.2 Å². The largest absolute Gasteiger partial charge is 0.564 e. The van der Waals surface area contributed by atoms with E-state index in [9.17, 15) is 31.1 Å². The molecule has 0 fully saturated rings. The van der Waals surface area contributed by atoms with Gasteiger partial charge in [-0.3, -0.25) is 14.8 Å². The Hall–Kier alpha value is -3.45. The minimum atomic E-state index is -4.69. The van der Waals surface area contributed by atoms with Crippen molar-refractivity contribution in [1.29, 1.82) is 0 Å². The van der Waals surface area contributed by atoms with Gasteiger partial charge in [-0.2, -0.15) is 0 Å². The van der Waals surface area contributed by atoms with Crippen molar-refractivity contribution < 1.29 is 85.9 Å². The molecule has 274 valence electrons. The molecule has 4 aromatic rings. The van der Waals surface area contributed by atoms with Gasteiger partial charge in [0.1, 0.15) is 0 Å². The van der Waals surface area contributed by atoms with E-state index in [2.05, 4.69) is 45.4 Å². The maximum Gasteiger partial charge on any atom is 0.564 e. The number of aryl methyl sites for hydroxylation is 2. The van der Waals surface area contributed by atoms with Gasteiger partial charge >= 0.3 is 12.7 Å². The molecular weight excluding hydrogens is 1010 g/mol. The quantitative estimate of drug-likeness (QED) is 0.0698. The summed E-state index contributed by atoms with van der Waals surface area (Å²) in [6, 6.07) is 13.4. The van der Waals surface area contributed by atoms with Crippen LogP contribution in [0.5, 0.6) is 11.5 Å². The van der Waals surface area contributed by atoms with E-state index in [-0.39, 0.29) is 63.3 Å². The molecule has 8 nitrogen and oxygen atoms in total. The molecule has 4 rings (SSSR count). The Labute approximate surface area is 308 Å². The standard InChI is InChI=1S/2C14H14F3N2O.C5H8O2.2Ir/c2*1-2-3-9-19-10-8-18-13(19)11-4-6-12(7-5-11)20-14(15,16)17;1-4(6)3-5(2)7;;/h2*4,6-8,10H,2-3,9H2,1H3;3,6H,1-2H3;;/q2*-1;;;. The minimum Gasteiger partial charge on any atom is -0.512 e. The number of ether oxygens (including phenoxy) is 2. The smallest absolute Gasteiger partial charge is 0.512 e. The maximum absolute atomic E-state index is 12.1. The summed E-state index contributed by atoms with van der Waals surface area (Å²) in [5.41, 5.74) is 1.28. The fraction of sp³-hybridized carbons (Fsp3) is 0.364. The van der Waals surface area contributed by atoms with Gasteiger partial charge in [0, 0.05) is 95.7 Å². The van der Waals surface area contributed by atoms with Gasteiger partial charge in [-0.1, -0.05) is 26.7 Å². The van der Waals surface area contributed by atoms with Crippen LogP contribution in [0.4, 0.5) is 26.3 Å². The number of hydrogen-bond donors (Lipinski definition) is 1. The molecule has 0 atom stereocenters. The first kappa shape index (κ1) is 45.5. The fourth-order valence-corrected chi connectivity index (χ4v) is 3.91. The molecule has 0 bridgehead atoms. The SMILES string of the molecule is CC(=O)C=C(C)O.CCCCn1ccnc1-c1[c-]cc(OC(F)(F)F)cc1.CCCCn1ccnc1-c1[c-]cc(OC(F)(F)F)cc1.[Ir].[Ir]. The van der Waals surface area contributed by atoms with E-state index in [1.54, 1.807) is 12.4 Å². The van der Waals surface area contributed by atoms with Gasteiger partial charge < -0.3 is 23.7 Å². The number of nitrogens with zero attached hydrogens (tertiary/aromatic N) is 4. The summed E-state index contributed by atoms with van der Waals surface area (Å²) in [7, 11) is 0. The summed E-state index contributed by atoms with van der Waals surface area (Å²) in [5, 5.41) is 8.36. The molecule has 2 heterocycles. The van der Waals surface area contributed by atoms with Crippen LogP contribution in [0.15, 0.2) is 73.0 Å². The number of halogens is 6. The third-order valence-corrected chi connectivity index (χ3v) is 5.87. The summed E-state index contributed by atoms with van der Waals surface area (Å²) in [6.07, 6.45) is 2.95. The molecule has 0 amide bonds. The van der Waals surface area contributed by atoms with E-state index in [1.165, 1.54) is 56.3 Å². The number of ketones is 1. The van der Waals surface area contributed by atoms with E-state index in [0.717, 1.165) is 38.8 Å². The first-order valence-corrected chi connectivity index (χ1v) is 14.6. The summed E-state index contributed by atoms with van der Waals surface area (Å²) < 4.78 is 83.9. The third-order valence-electron chi connectivity index (χ3n) is 5.87. The Balaban J connectivity index is 0.000000764. The molecule has 49 heavy (non-hydrogen) atoms. The molecule has 0 saturated heterocycles. The molecule has 2 aromatic heterocycles. The van der Waals surface area contributed by atoms with Gasteiger partial charge in [-0.15, -0.1) is 86.0 Å². The molecule has 0 saturated carbocycles. The van der Waals surface area contributed by atoms with Gasteiger partial charge in [0.15, 0.2) is 5.78 Å². The number of carbonyl (C=O) groups is 1. The number of aliphatic hydroxyl groups excluding tert-OH is 1. The Morgan fingerprint density at radius 2 is 1.16 bits per heavy atom. The normalized spacial score (nSPS) is 11.1. The number of benzene rings is 2. The Morgan fingerprint density at radius 1 is 0.776 bits per heavy atom. The molecule has 2 aromatic carbocycles. The Bertz CT molecular complexity index is 1430. The van der Waals surface area contributed by atoms with Crippen molar-refractivity contribution >= 4 is 5.78 Å². The second-order valence-corrected chi connectivity index (χ2v) is 9.96. The number of alkyl halides is 6. The predicted octanol–water partition coefficient (Wildman–Crippen LogP) is 9.13. The van der Waals surface area contributed by atoms with Crippen LogP contribution in [-0.2, 0) is 58.1 Å². The summed E-state index contributed by atoms with van der Waals surface area (Å²) in [6.45, 7) is 8.67. The van der Waals surface area contributed by atoms with Gasteiger partial charge in [0.05, 0.1) is 17.4 Å². The first-order valence-electron chi connectivity index (χ1n) is 14.6. The number of aromatic nitrogens is 4. The van der Waals surface area contributed by atoms with Crippen molar-refractivity contribution in [3.05, 3.63) is 85.2 Å². The predicted molar refractivity (Wildman–Crippen MR) is 163 cm³/mol. The first-order chi connectivity index (χ1) is 22.1. The van der Waals surface area contributed by atoms with Crippen LogP contribution in [-0.4, -0.2) is 42.7 Å². The fourth-order valence-electron chi connectivity index (χ4n) is 3.91. The van der Waals surface area contributed by atoms with Crippen molar-refractivity contribution in [2.75, 3.05) is 0 Å². The zero-order chi connectivity index (χ0) is 35.0. The molecule has 0 aliphatic heterocycles. The van der Waals surface area contributed by atoms with Crippen LogP contribution >= 0.6 is 0 Å². The second-order valence-electron chi connectivity index (χ2n) is 9.96. The van der Waals surface area contributed by atoms with Gasteiger partial charge in [-0.05, 0) is 26.7 Å². The average Bonchev–Trinajstić information content (AvgIpc) is 3.64. The molecule has 0 unspecified atom stereocenters. The van der Waals surface area contributed by atoms with Crippen LogP contribution < -0.4 is 9.47 Å². The number of hydrogen-bond acceptors (Lipinski definition) is 6. The van der Waals surface area contributed by atoms with E-state index in [0.29, 0.717) is 22.8 Å². The number of aliphatic hydroxyl groups is 1. The Kier molecular flexibility index (Phi) is 20.7. The van der Waals surface area contributed by atoms with Gasteiger partial charge in [-0.25, -0.2) is 0 Å². The van der Waals surface area contributed by atoms with Crippen molar-refractivity contribution in [3.8, 4) is 34.3 Å². The second kappa shape index (κ2) is 22.3. The number of carbonyl (C=O) groups excluding carboxylic acids is 1. The maximum atomic E-state index is 12.1. The molecule has 0 spiro atoms. The van der Waals surface area contributed by atoms with E-state index in [4.69, 9.17) is 5.11 Å². The minimum absolute atomic E-state index is 0. The van der Waals surface area contributed by atoms with Crippen molar-refractivity contribution in [3.63, 3.8) is 0 Å². The number of imidazole rings is 2. The van der Waals surface area contributed by atoms with Gasteiger partial charge in [0.25, 0.3) is 0 Å². The van der Waals surface area contributed by atoms with Crippen LogP contribution in [0.1, 0.15) is 53.4 Å². The molecule has 0 aliphatic carbocycles. The monoisotopic (exact) mass is 1050 g/mol. The summed E-state index contributed by atoms with van der Waals surface area (Å²) >= 11 is 0. The van der Waals surface area contributed by atoms with E-state index < -0.39 is 12.7 Å². The number of allylic oxidation sites excluding steroid dienone is 2.